The summed E-state index contributed by atoms with van der Waals surface area (Å²) in [6.45, 7) is 0.295. The minimum atomic E-state index is -1.69. The molecule has 9 atom stereocenters. The fraction of sp³-hybridized carbons (Fsp3) is 0.692. The second-order valence-corrected chi connectivity index (χ2v) is 22.2. The molecular formula is C52H103N29O11S. The molecule has 0 aliphatic heterocycles. The number of hydrogen-bond donors (Lipinski definition) is 24. The van der Waals surface area contributed by atoms with Gasteiger partial charge in [0.25, 0.3) is 0 Å². The van der Waals surface area contributed by atoms with Crippen LogP contribution in [0.25, 0.3) is 0 Å². The summed E-state index contributed by atoms with van der Waals surface area (Å²) >= 11 is 1.39. The Labute approximate surface area is 544 Å². The van der Waals surface area contributed by atoms with E-state index >= 15 is 0 Å². The number of carbonyl (C=O) groups excluding carboxylic acids is 9. The van der Waals surface area contributed by atoms with E-state index < -0.39 is 126 Å². The number of aliphatic imine (C=N–C) groups is 6. The van der Waals surface area contributed by atoms with Gasteiger partial charge in [0.05, 0.1) is 6.04 Å². The van der Waals surface area contributed by atoms with Crippen LogP contribution in [0.3, 0.4) is 0 Å². The van der Waals surface area contributed by atoms with Gasteiger partial charge in [-0.3, -0.25) is 73.1 Å². The smallest absolute Gasteiger partial charge is 0.326 e. The summed E-state index contributed by atoms with van der Waals surface area (Å²) in [6, 6.07) is -12.7. The van der Waals surface area contributed by atoms with E-state index in [-0.39, 0.29) is 165 Å². The van der Waals surface area contributed by atoms with Crippen molar-refractivity contribution < 1.29 is 53.1 Å². The van der Waals surface area contributed by atoms with Crippen LogP contribution < -0.4 is 129 Å². The van der Waals surface area contributed by atoms with Crippen molar-refractivity contribution in [2.24, 2.45) is 116 Å². The molecule has 0 bridgehead atoms. The average Bonchev–Trinajstić information content (AvgIpc) is 1.14. The molecule has 0 heterocycles. The Morgan fingerprint density at radius 1 is 0.333 bits per heavy atom. The number of thioether (sulfide) groups is 1. The quantitative estimate of drug-likeness (QED) is 0.0153. The lowest BCUT2D eigenvalue weighted by Gasteiger charge is -2.28. The van der Waals surface area contributed by atoms with Crippen LogP contribution in [0.4, 0.5) is 0 Å². The highest BCUT2D eigenvalue weighted by Crippen LogP contribution is 2.12. The van der Waals surface area contributed by atoms with Gasteiger partial charge in [-0.1, -0.05) is 0 Å². The van der Waals surface area contributed by atoms with Crippen molar-refractivity contribution in [3.05, 3.63) is 0 Å². The number of hydrogen-bond acceptors (Lipinski definition) is 19. The number of primary amides is 1. The molecule has 0 rings (SSSR count). The number of unbranched alkanes of at least 4 members (excludes halogenated alkanes) is 1. The van der Waals surface area contributed by atoms with Gasteiger partial charge < -0.3 is 134 Å². The number of rotatable bonds is 51. The van der Waals surface area contributed by atoms with Crippen LogP contribution in [0, 0.1) is 0 Å². The lowest BCUT2D eigenvalue weighted by molar-refractivity contribution is -0.142. The molecule has 0 aliphatic carbocycles. The summed E-state index contributed by atoms with van der Waals surface area (Å²) in [6.07, 6.45) is 1.66. The number of aliphatic carboxylic acids is 1. The number of carboxylic acid groups (broad SMARTS) is 1. The number of amides is 9. The van der Waals surface area contributed by atoms with Gasteiger partial charge in [0, 0.05) is 45.7 Å². The SMILES string of the molecule is CSCC[C@H](NC(=O)[C@H](N)CCCN=C(N)N)C(=O)N[C@@H](CCCCN)C(=O)N[C@@H](CCCN=C(N)N)C(=O)N[C@H](CCCN=C(N)N)C(=O)N[C@@H](CCC(N)=O)C(=O)N[C@@H](CCCN=C(N)N)C(=O)N[C@@H](CCCN=C(N)N)C(=O)N[C@H](CCCN=C(N)N)C(=O)O. The van der Waals surface area contributed by atoms with Crippen molar-refractivity contribution in [3.8, 4) is 0 Å². The molecule has 0 radical (unpaired) electrons. The molecule has 0 aliphatic rings. The van der Waals surface area contributed by atoms with Gasteiger partial charge in [0.2, 0.25) is 53.2 Å². The average molecular weight is 1340 g/mol. The van der Waals surface area contributed by atoms with Crippen molar-refractivity contribution in [1.82, 2.24) is 42.5 Å². The third-order valence-electron chi connectivity index (χ3n) is 13.3. The topological polar surface area (TPSA) is 752 Å². The Morgan fingerprint density at radius 2 is 0.570 bits per heavy atom. The van der Waals surface area contributed by atoms with Crippen molar-refractivity contribution in [2.75, 3.05) is 57.8 Å². The van der Waals surface area contributed by atoms with Crippen LogP contribution in [0.15, 0.2) is 30.0 Å². The van der Waals surface area contributed by atoms with E-state index in [1.54, 1.807) is 6.26 Å². The molecule has 41 heteroatoms. The van der Waals surface area contributed by atoms with Gasteiger partial charge in [-0.2, -0.15) is 11.8 Å². The molecule has 0 unspecified atom stereocenters. The minimum Gasteiger partial charge on any atom is -0.480 e. The highest BCUT2D eigenvalue weighted by Gasteiger charge is 2.35. The maximum Gasteiger partial charge on any atom is 0.326 e. The van der Waals surface area contributed by atoms with E-state index in [0.717, 1.165) is 0 Å². The fourth-order valence-corrected chi connectivity index (χ4v) is 8.98. The van der Waals surface area contributed by atoms with Crippen LogP contribution in [-0.4, -0.2) is 212 Å². The first-order chi connectivity index (χ1) is 43.9. The summed E-state index contributed by atoms with van der Waals surface area (Å²) < 4.78 is 0. The van der Waals surface area contributed by atoms with Gasteiger partial charge in [0.15, 0.2) is 35.8 Å². The standard InChI is InChI=1S/C52H103N29O11S/c1-93-27-19-35(74-38(83)28(54)10-4-21-68-47(56)57)45(90)75-29(11-2-3-20-53)39(84)76-30(12-5-22-69-48(58)59)40(85)77-32(14-7-24-71-50(62)63)42(87)80-34(17-18-37(55)82)44(89)79-31(13-6-23-70-49(60)61)41(86)78-33(15-8-25-72-51(64)65)43(88)81-36(46(91)92)16-9-26-73-52(66)67/h28-36H,2-27,53-54H2,1H3,(H2,55,82)(H,74,83)(H,75,90)(H,76,84)(H,77,85)(H,78,86)(H,79,89)(H,80,87)(H,81,88)(H,91,92)(H4,56,57,68)(H4,58,59,69)(H4,60,61,70)(H4,62,63,71)(H4,64,65,72)(H4,66,67,73)/t28-,29+,30+,31+,32-,33+,34+,35+,36-/m1/s1. The molecule has 0 aromatic rings. The number of carbonyl (C=O) groups is 10. The molecule has 93 heavy (non-hydrogen) atoms. The Balaban J connectivity index is 7.43. The fourth-order valence-electron chi connectivity index (χ4n) is 8.51. The third kappa shape index (κ3) is 40.9. The Hall–Kier alpha value is -9.41. The Morgan fingerprint density at radius 3 is 0.828 bits per heavy atom. The van der Waals surface area contributed by atoms with E-state index in [1.165, 1.54) is 11.8 Å². The molecular weight excluding hydrogens is 1240 g/mol. The summed E-state index contributed by atoms with van der Waals surface area (Å²) in [5.74, 6) is -10.6. The van der Waals surface area contributed by atoms with E-state index in [4.69, 9.17) is 86.0 Å². The van der Waals surface area contributed by atoms with Crippen molar-refractivity contribution in [2.45, 2.75) is 170 Å². The van der Waals surface area contributed by atoms with E-state index in [2.05, 4.69) is 72.5 Å². The zero-order valence-corrected chi connectivity index (χ0v) is 53.7. The van der Waals surface area contributed by atoms with Gasteiger partial charge in [-0.25, -0.2) is 4.79 Å². The van der Waals surface area contributed by atoms with Gasteiger partial charge >= 0.3 is 5.97 Å². The molecule has 0 saturated heterocycles. The zero-order valence-electron chi connectivity index (χ0n) is 52.9. The summed E-state index contributed by atoms with van der Waals surface area (Å²) in [5, 5.41) is 30.7. The van der Waals surface area contributed by atoms with Crippen molar-refractivity contribution in [3.63, 3.8) is 0 Å². The zero-order chi connectivity index (χ0) is 70.4. The summed E-state index contributed by atoms with van der Waals surface area (Å²) in [4.78, 5) is 162. The summed E-state index contributed by atoms with van der Waals surface area (Å²) in [7, 11) is 0. The molecule has 40 nitrogen and oxygen atoms in total. The second-order valence-electron chi connectivity index (χ2n) is 21.2. The van der Waals surface area contributed by atoms with Crippen LogP contribution in [-0.2, 0) is 47.9 Å². The van der Waals surface area contributed by atoms with Crippen molar-refractivity contribution >= 4 is 107 Å². The number of nitrogens with zero attached hydrogens (tertiary/aromatic N) is 6. The van der Waals surface area contributed by atoms with Crippen LogP contribution in [0.1, 0.15) is 116 Å². The number of nitrogens with two attached hydrogens (primary N) is 15. The maximum atomic E-state index is 14.6. The van der Waals surface area contributed by atoms with E-state index in [9.17, 15) is 53.1 Å². The Kier molecular flexibility index (Phi) is 43.5. The molecule has 0 aromatic heterocycles. The van der Waals surface area contributed by atoms with Crippen LogP contribution >= 0.6 is 11.8 Å². The van der Waals surface area contributed by atoms with E-state index in [1.807, 2.05) is 0 Å². The first-order valence-corrected chi connectivity index (χ1v) is 31.5. The number of nitrogens with one attached hydrogen (secondary N) is 8. The molecule has 0 fully saturated rings. The Bertz CT molecular complexity index is 2550. The van der Waals surface area contributed by atoms with Crippen molar-refractivity contribution in [1.29, 1.82) is 0 Å². The lowest BCUT2D eigenvalue weighted by Crippen LogP contribution is -2.60. The predicted molar refractivity (Wildman–Crippen MR) is 355 cm³/mol. The van der Waals surface area contributed by atoms with E-state index in [0.29, 0.717) is 25.0 Å². The normalized spacial score (nSPS) is 13.6. The predicted octanol–water partition coefficient (Wildman–Crippen LogP) is -10.3. The molecule has 0 saturated carbocycles. The third-order valence-corrected chi connectivity index (χ3v) is 14.0. The first kappa shape index (κ1) is 83.6. The number of guanidine groups is 6. The van der Waals surface area contributed by atoms with Crippen LogP contribution in [0.5, 0.6) is 0 Å². The summed E-state index contributed by atoms with van der Waals surface area (Å²) in [5.41, 5.74) is 83.3. The molecule has 528 valence electrons. The largest absolute Gasteiger partial charge is 0.480 e. The molecule has 39 N–H and O–H groups in total. The minimum absolute atomic E-state index is 0.0153. The lowest BCUT2D eigenvalue weighted by atomic mass is 10.0. The highest BCUT2D eigenvalue weighted by molar-refractivity contribution is 7.98. The molecule has 0 aromatic carbocycles. The maximum absolute atomic E-state index is 14.6. The highest BCUT2D eigenvalue weighted by atomic mass is 32.2. The molecule has 0 spiro atoms. The monoisotopic (exact) mass is 1340 g/mol. The second kappa shape index (κ2) is 48.4. The van der Waals surface area contributed by atoms with Gasteiger partial charge in [-0.15, -0.1) is 0 Å². The number of carboxylic acids is 1. The van der Waals surface area contributed by atoms with Gasteiger partial charge in [-0.05, 0) is 128 Å². The first-order valence-electron chi connectivity index (χ1n) is 30.1. The van der Waals surface area contributed by atoms with Gasteiger partial charge in [0.1, 0.15) is 48.3 Å². The molecule has 9 amide bonds. The van der Waals surface area contributed by atoms with Crippen LogP contribution in [0.2, 0.25) is 0 Å².